The van der Waals surface area contributed by atoms with Crippen LogP contribution in [-0.4, -0.2) is 9.55 Å². The number of H-pyrrole nitrogens is 1. The topological polar surface area (TPSA) is 54.9 Å². The second-order valence-corrected chi connectivity index (χ2v) is 4.67. The van der Waals surface area contributed by atoms with Gasteiger partial charge in [0.25, 0.3) is 5.56 Å². The Bertz CT molecular complexity index is 913. The molecule has 1 aromatic heterocycles. The Hall–Kier alpha value is -2.40. The molecular formula is C14H8ClFN2O2. The molecule has 0 atom stereocenters. The summed E-state index contributed by atoms with van der Waals surface area (Å²) in [5.74, 6) is -0.439. The number of rotatable bonds is 1. The average Bonchev–Trinajstić information content (AvgIpc) is 2.40. The SMILES string of the molecule is O=c1[nH]c2cc(Cl)ccc2c(=O)n1-c1ccc(F)cc1. The standard InChI is InChI=1S/C14H8ClFN2O2/c15-8-1-6-11-12(7-8)17-14(20)18(13(11)19)10-4-2-9(16)3-5-10/h1-7H,(H,17,20). The lowest BCUT2D eigenvalue weighted by Gasteiger charge is -2.06. The molecule has 0 aliphatic heterocycles. The summed E-state index contributed by atoms with van der Waals surface area (Å²) in [4.78, 5) is 27.0. The fourth-order valence-electron chi connectivity index (χ4n) is 2.01. The van der Waals surface area contributed by atoms with E-state index in [0.29, 0.717) is 21.6 Å². The Kier molecular flexibility index (Phi) is 2.91. The minimum absolute atomic E-state index is 0.300. The van der Waals surface area contributed by atoms with Gasteiger partial charge >= 0.3 is 5.69 Å². The number of fused-ring (bicyclic) bond motifs is 1. The number of benzene rings is 2. The Labute approximate surface area is 117 Å². The molecule has 1 N–H and O–H groups in total. The summed E-state index contributed by atoms with van der Waals surface area (Å²) in [6, 6.07) is 9.73. The van der Waals surface area contributed by atoms with Crippen molar-refractivity contribution in [3.8, 4) is 5.69 Å². The Morgan fingerprint density at radius 2 is 1.75 bits per heavy atom. The minimum atomic E-state index is -0.601. The van der Waals surface area contributed by atoms with Crippen LogP contribution in [0.3, 0.4) is 0 Å². The van der Waals surface area contributed by atoms with Gasteiger partial charge in [0.15, 0.2) is 0 Å². The monoisotopic (exact) mass is 290 g/mol. The molecule has 100 valence electrons. The van der Waals surface area contributed by atoms with Crippen molar-refractivity contribution in [2.24, 2.45) is 0 Å². The van der Waals surface area contributed by atoms with Gasteiger partial charge in [-0.2, -0.15) is 0 Å². The van der Waals surface area contributed by atoms with Crippen LogP contribution in [0.25, 0.3) is 16.6 Å². The molecule has 0 saturated carbocycles. The number of hydrogen-bond donors (Lipinski definition) is 1. The molecule has 0 unspecified atom stereocenters. The molecule has 3 aromatic rings. The van der Waals surface area contributed by atoms with E-state index in [9.17, 15) is 14.0 Å². The predicted molar refractivity (Wildman–Crippen MR) is 75.1 cm³/mol. The number of nitrogens with one attached hydrogen (secondary N) is 1. The highest BCUT2D eigenvalue weighted by molar-refractivity contribution is 6.31. The maximum absolute atomic E-state index is 12.9. The molecule has 1 heterocycles. The Balaban J connectivity index is 2.37. The summed E-state index contributed by atoms with van der Waals surface area (Å²) < 4.78 is 13.9. The van der Waals surface area contributed by atoms with E-state index in [1.165, 1.54) is 36.4 Å². The van der Waals surface area contributed by atoms with Gasteiger partial charge in [-0.1, -0.05) is 11.6 Å². The predicted octanol–water partition coefficient (Wildman–Crippen LogP) is 2.47. The van der Waals surface area contributed by atoms with E-state index in [1.54, 1.807) is 6.07 Å². The lowest BCUT2D eigenvalue weighted by atomic mass is 10.2. The summed E-state index contributed by atoms with van der Waals surface area (Å²) in [6.07, 6.45) is 0. The third-order valence-electron chi connectivity index (χ3n) is 2.94. The summed E-state index contributed by atoms with van der Waals surface area (Å²) in [7, 11) is 0. The molecule has 3 rings (SSSR count). The highest BCUT2D eigenvalue weighted by Gasteiger charge is 2.09. The van der Waals surface area contributed by atoms with E-state index >= 15 is 0 Å². The number of aromatic nitrogens is 2. The van der Waals surface area contributed by atoms with Crippen molar-refractivity contribution in [2.75, 3.05) is 0 Å². The molecule has 0 radical (unpaired) electrons. The van der Waals surface area contributed by atoms with Crippen LogP contribution in [0.1, 0.15) is 0 Å². The molecule has 20 heavy (non-hydrogen) atoms. The van der Waals surface area contributed by atoms with Crippen LogP contribution < -0.4 is 11.2 Å². The first kappa shape index (κ1) is 12.6. The van der Waals surface area contributed by atoms with Gasteiger partial charge in [0.1, 0.15) is 5.82 Å². The highest BCUT2D eigenvalue weighted by Crippen LogP contribution is 2.14. The summed E-state index contributed by atoms with van der Waals surface area (Å²) in [5.41, 5.74) is -0.413. The Morgan fingerprint density at radius 3 is 2.45 bits per heavy atom. The van der Waals surface area contributed by atoms with E-state index in [2.05, 4.69) is 4.98 Å². The zero-order valence-corrected chi connectivity index (χ0v) is 10.8. The van der Waals surface area contributed by atoms with Gasteiger partial charge in [0, 0.05) is 5.02 Å². The van der Waals surface area contributed by atoms with Crippen molar-refractivity contribution >= 4 is 22.5 Å². The van der Waals surface area contributed by atoms with Crippen molar-refractivity contribution in [3.05, 3.63) is 74.1 Å². The van der Waals surface area contributed by atoms with Crippen molar-refractivity contribution < 1.29 is 4.39 Å². The lowest BCUT2D eigenvalue weighted by molar-refractivity contribution is 0.627. The molecule has 0 saturated heterocycles. The van der Waals surface area contributed by atoms with Crippen LogP contribution in [-0.2, 0) is 0 Å². The van der Waals surface area contributed by atoms with Gasteiger partial charge in [0.05, 0.1) is 16.6 Å². The van der Waals surface area contributed by atoms with Crippen LogP contribution >= 0.6 is 11.6 Å². The molecular weight excluding hydrogens is 283 g/mol. The van der Waals surface area contributed by atoms with Gasteiger partial charge in [-0.15, -0.1) is 0 Å². The zero-order chi connectivity index (χ0) is 14.3. The largest absolute Gasteiger partial charge is 0.333 e. The molecule has 0 bridgehead atoms. The highest BCUT2D eigenvalue weighted by atomic mass is 35.5. The second kappa shape index (κ2) is 4.61. The summed E-state index contributed by atoms with van der Waals surface area (Å²) in [6.45, 7) is 0. The molecule has 2 aromatic carbocycles. The number of halogens is 2. The van der Waals surface area contributed by atoms with Crippen LogP contribution in [0.5, 0.6) is 0 Å². The molecule has 4 nitrogen and oxygen atoms in total. The van der Waals surface area contributed by atoms with Crippen molar-refractivity contribution in [1.82, 2.24) is 9.55 Å². The number of nitrogens with zero attached hydrogens (tertiary/aromatic N) is 1. The smallest absolute Gasteiger partial charge is 0.306 e. The molecule has 6 heteroatoms. The molecule has 0 amide bonds. The van der Waals surface area contributed by atoms with Crippen LogP contribution in [0.4, 0.5) is 4.39 Å². The van der Waals surface area contributed by atoms with Gasteiger partial charge < -0.3 is 4.98 Å². The third-order valence-corrected chi connectivity index (χ3v) is 3.18. The van der Waals surface area contributed by atoms with Crippen molar-refractivity contribution in [2.45, 2.75) is 0 Å². The van der Waals surface area contributed by atoms with E-state index in [1.807, 2.05) is 0 Å². The van der Waals surface area contributed by atoms with Gasteiger partial charge in [-0.3, -0.25) is 4.79 Å². The van der Waals surface area contributed by atoms with Gasteiger partial charge in [-0.25, -0.2) is 13.8 Å². The lowest BCUT2D eigenvalue weighted by Crippen LogP contribution is -2.33. The maximum atomic E-state index is 12.9. The molecule has 0 aliphatic carbocycles. The number of aromatic amines is 1. The first-order chi connectivity index (χ1) is 9.56. The van der Waals surface area contributed by atoms with Crippen LogP contribution in [0, 0.1) is 5.82 Å². The number of hydrogen-bond acceptors (Lipinski definition) is 2. The van der Waals surface area contributed by atoms with Crippen LogP contribution in [0.2, 0.25) is 5.02 Å². The fourth-order valence-corrected chi connectivity index (χ4v) is 2.19. The molecule has 0 aliphatic rings. The van der Waals surface area contributed by atoms with E-state index in [-0.39, 0.29) is 0 Å². The normalized spacial score (nSPS) is 10.9. The first-order valence-electron chi connectivity index (χ1n) is 5.77. The van der Waals surface area contributed by atoms with E-state index in [0.717, 1.165) is 4.57 Å². The quantitative estimate of drug-likeness (QED) is 0.748. The van der Waals surface area contributed by atoms with Gasteiger partial charge in [0.2, 0.25) is 0 Å². The second-order valence-electron chi connectivity index (χ2n) is 4.24. The Morgan fingerprint density at radius 1 is 1.05 bits per heavy atom. The van der Waals surface area contributed by atoms with Crippen molar-refractivity contribution in [3.63, 3.8) is 0 Å². The van der Waals surface area contributed by atoms with E-state index in [4.69, 9.17) is 11.6 Å². The molecule has 0 fully saturated rings. The van der Waals surface area contributed by atoms with Crippen molar-refractivity contribution in [1.29, 1.82) is 0 Å². The maximum Gasteiger partial charge on any atom is 0.333 e. The third kappa shape index (κ3) is 2.02. The first-order valence-corrected chi connectivity index (χ1v) is 6.14. The van der Waals surface area contributed by atoms with Gasteiger partial charge in [-0.05, 0) is 42.5 Å². The minimum Gasteiger partial charge on any atom is -0.306 e. The summed E-state index contributed by atoms with van der Waals surface area (Å²) >= 11 is 5.83. The fraction of sp³-hybridized carbons (Fsp3) is 0. The van der Waals surface area contributed by atoms with Crippen LogP contribution in [0.15, 0.2) is 52.1 Å². The average molecular weight is 291 g/mol. The van der Waals surface area contributed by atoms with E-state index < -0.39 is 17.1 Å². The molecule has 0 spiro atoms. The summed E-state index contributed by atoms with van der Waals surface area (Å²) in [5, 5.41) is 0.755. The zero-order valence-electron chi connectivity index (χ0n) is 10.1.